The highest BCUT2D eigenvalue weighted by molar-refractivity contribution is 7.99. The van der Waals surface area contributed by atoms with Crippen LogP contribution in [0.25, 0.3) is 11.4 Å². The van der Waals surface area contributed by atoms with Crippen molar-refractivity contribution in [1.29, 1.82) is 0 Å². The highest BCUT2D eigenvalue weighted by atomic mass is 32.2. The lowest BCUT2D eigenvalue weighted by Gasteiger charge is -2.12. The largest absolute Gasteiger partial charge is 0.454 e. The van der Waals surface area contributed by atoms with Crippen LogP contribution in [0.4, 0.5) is 0 Å². The Labute approximate surface area is 167 Å². The summed E-state index contributed by atoms with van der Waals surface area (Å²) in [7, 11) is 3.49. The molecule has 0 atom stereocenters. The van der Waals surface area contributed by atoms with E-state index in [1.807, 2.05) is 53.1 Å². The molecule has 0 fully saturated rings. The minimum absolute atomic E-state index is 0.0314. The van der Waals surface area contributed by atoms with Crippen LogP contribution in [0.3, 0.4) is 0 Å². The highest BCUT2D eigenvalue weighted by Crippen LogP contribution is 2.33. The van der Waals surface area contributed by atoms with Gasteiger partial charge in [-0.05, 0) is 17.7 Å². The first-order chi connectivity index (χ1) is 13.6. The fraction of sp³-hybridized carbons (Fsp3) is 0.250. The van der Waals surface area contributed by atoms with Crippen molar-refractivity contribution in [2.75, 3.05) is 26.6 Å². The lowest BCUT2D eigenvalue weighted by Crippen LogP contribution is -2.23. The van der Waals surface area contributed by atoms with Crippen molar-refractivity contribution in [2.45, 2.75) is 11.7 Å². The Hall–Kier alpha value is -3.00. The average molecular weight is 396 g/mol. The third-order valence-electron chi connectivity index (χ3n) is 4.35. The van der Waals surface area contributed by atoms with Crippen molar-refractivity contribution in [3.8, 4) is 22.9 Å². The molecule has 1 amide bonds. The first-order valence-corrected chi connectivity index (χ1v) is 9.80. The van der Waals surface area contributed by atoms with Gasteiger partial charge in [-0.3, -0.25) is 9.36 Å². The molecule has 0 saturated heterocycles. The average Bonchev–Trinajstić information content (AvgIpc) is 3.33. The molecule has 0 N–H and O–H groups in total. The zero-order chi connectivity index (χ0) is 19.5. The van der Waals surface area contributed by atoms with E-state index in [4.69, 9.17) is 9.47 Å². The third-order valence-corrected chi connectivity index (χ3v) is 5.30. The monoisotopic (exact) mass is 396 g/mol. The van der Waals surface area contributed by atoms with Gasteiger partial charge in [0.2, 0.25) is 12.7 Å². The molecule has 3 aromatic rings. The predicted octanol–water partition coefficient (Wildman–Crippen LogP) is 2.90. The van der Waals surface area contributed by atoms with Gasteiger partial charge in [-0.1, -0.05) is 48.2 Å². The minimum atomic E-state index is 0.0314. The van der Waals surface area contributed by atoms with Crippen molar-refractivity contribution in [2.24, 2.45) is 0 Å². The van der Waals surface area contributed by atoms with E-state index in [1.165, 1.54) is 11.8 Å². The Morgan fingerprint density at radius 2 is 1.89 bits per heavy atom. The van der Waals surface area contributed by atoms with Crippen molar-refractivity contribution >= 4 is 17.7 Å². The number of carbonyl (C=O) groups excluding carboxylic acids is 1. The van der Waals surface area contributed by atoms with Gasteiger partial charge in [0, 0.05) is 19.7 Å². The molecule has 0 bridgehead atoms. The first-order valence-electron chi connectivity index (χ1n) is 8.82. The topological polar surface area (TPSA) is 69.5 Å². The van der Waals surface area contributed by atoms with Crippen molar-refractivity contribution in [3.05, 3.63) is 54.1 Å². The van der Waals surface area contributed by atoms with Crippen LogP contribution in [0.1, 0.15) is 5.56 Å². The molecule has 144 valence electrons. The van der Waals surface area contributed by atoms with E-state index in [9.17, 15) is 4.79 Å². The zero-order valence-electron chi connectivity index (χ0n) is 15.7. The first kappa shape index (κ1) is 18.4. The summed E-state index contributed by atoms with van der Waals surface area (Å²) in [6, 6.07) is 15.8. The van der Waals surface area contributed by atoms with Gasteiger partial charge in [-0.25, -0.2) is 0 Å². The zero-order valence-corrected chi connectivity index (χ0v) is 16.5. The normalized spacial score (nSPS) is 12.2. The lowest BCUT2D eigenvalue weighted by atomic mass is 10.2. The van der Waals surface area contributed by atoms with E-state index in [0.717, 1.165) is 28.5 Å². The van der Waals surface area contributed by atoms with Crippen LogP contribution in [0.2, 0.25) is 0 Å². The van der Waals surface area contributed by atoms with Gasteiger partial charge >= 0.3 is 0 Å². The van der Waals surface area contributed by atoms with Crippen LogP contribution >= 0.6 is 11.8 Å². The molecule has 1 aliphatic heterocycles. The third kappa shape index (κ3) is 3.82. The molecule has 28 heavy (non-hydrogen) atoms. The molecule has 7 nitrogen and oxygen atoms in total. The maximum absolute atomic E-state index is 12.0. The standard InChI is InChI=1S/C20H20N4O3S/c1-23(2)18(25)12-28-20-22-21-19(15-6-4-3-5-7-15)24(20)11-14-8-9-16-17(10-14)27-13-26-16/h3-10H,11-13H2,1-2H3. The van der Waals surface area contributed by atoms with Gasteiger partial charge < -0.3 is 14.4 Å². The molecule has 0 saturated carbocycles. The Morgan fingerprint density at radius 1 is 1.11 bits per heavy atom. The molecule has 2 aromatic carbocycles. The van der Waals surface area contributed by atoms with Gasteiger partial charge in [-0.15, -0.1) is 10.2 Å². The number of hydrogen-bond donors (Lipinski definition) is 0. The van der Waals surface area contributed by atoms with Gasteiger partial charge in [0.1, 0.15) is 0 Å². The SMILES string of the molecule is CN(C)C(=O)CSc1nnc(-c2ccccc2)n1Cc1ccc2c(c1)OCO2. The van der Waals surface area contributed by atoms with E-state index < -0.39 is 0 Å². The van der Waals surface area contributed by atoms with Crippen LogP contribution in [0, 0.1) is 0 Å². The van der Waals surface area contributed by atoms with E-state index in [-0.39, 0.29) is 12.7 Å². The molecule has 1 aromatic heterocycles. The minimum Gasteiger partial charge on any atom is -0.454 e. The summed E-state index contributed by atoms with van der Waals surface area (Å²) in [5, 5.41) is 9.43. The summed E-state index contributed by atoms with van der Waals surface area (Å²) >= 11 is 1.39. The van der Waals surface area contributed by atoms with Crippen molar-refractivity contribution in [3.63, 3.8) is 0 Å². The van der Waals surface area contributed by atoms with Crippen molar-refractivity contribution < 1.29 is 14.3 Å². The van der Waals surface area contributed by atoms with Gasteiger partial charge in [-0.2, -0.15) is 0 Å². The lowest BCUT2D eigenvalue weighted by molar-refractivity contribution is -0.125. The Kier molecular flexibility index (Phi) is 5.21. The second kappa shape index (κ2) is 7.93. The molecular formula is C20H20N4O3S. The maximum Gasteiger partial charge on any atom is 0.232 e. The van der Waals surface area contributed by atoms with E-state index in [0.29, 0.717) is 17.5 Å². The second-order valence-corrected chi connectivity index (χ2v) is 7.47. The van der Waals surface area contributed by atoms with Crippen LogP contribution in [-0.2, 0) is 11.3 Å². The van der Waals surface area contributed by atoms with Crippen LogP contribution in [0.5, 0.6) is 11.5 Å². The van der Waals surface area contributed by atoms with E-state index >= 15 is 0 Å². The van der Waals surface area contributed by atoms with Gasteiger partial charge in [0.25, 0.3) is 0 Å². The van der Waals surface area contributed by atoms with Crippen LogP contribution in [-0.4, -0.2) is 52.2 Å². The molecule has 8 heteroatoms. The summed E-state index contributed by atoms with van der Waals surface area (Å²) in [5.74, 6) is 2.59. The fourth-order valence-electron chi connectivity index (χ4n) is 2.82. The molecule has 0 radical (unpaired) electrons. The molecule has 1 aliphatic rings. The predicted molar refractivity (Wildman–Crippen MR) is 107 cm³/mol. The van der Waals surface area contributed by atoms with E-state index in [2.05, 4.69) is 10.2 Å². The number of nitrogens with zero attached hydrogens (tertiary/aromatic N) is 4. The Bertz CT molecular complexity index is 988. The fourth-order valence-corrected chi connectivity index (χ4v) is 3.73. The molecule has 4 rings (SSSR count). The summed E-state index contributed by atoms with van der Waals surface area (Å²) in [6.07, 6.45) is 0. The molecular weight excluding hydrogens is 376 g/mol. The summed E-state index contributed by atoms with van der Waals surface area (Å²) < 4.78 is 12.9. The van der Waals surface area contributed by atoms with E-state index in [1.54, 1.807) is 19.0 Å². The molecule has 2 heterocycles. The summed E-state index contributed by atoms with van der Waals surface area (Å²) in [5.41, 5.74) is 2.02. The molecule has 0 aliphatic carbocycles. The molecule has 0 unspecified atom stereocenters. The molecule has 0 spiro atoms. The Morgan fingerprint density at radius 3 is 2.68 bits per heavy atom. The number of hydrogen-bond acceptors (Lipinski definition) is 6. The summed E-state index contributed by atoms with van der Waals surface area (Å²) in [6.45, 7) is 0.806. The van der Waals surface area contributed by atoms with Gasteiger partial charge in [0.15, 0.2) is 22.5 Å². The summed E-state index contributed by atoms with van der Waals surface area (Å²) in [4.78, 5) is 13.6. The smallest absolute Gasteiger partial charge is 0.232 e. The highest BCUT2D eigenvalue weighted by Gasteiger charge is 2.18. The number of carbonyl (C=O) groups is 1. The van der Waals surface area contributed by atoms with Crippen LogP contribution < -0.4 is 9.47 Å². The number of ether oxygens (including phenoxy) is 2. The second-order valence-electron chi connectivity index (χ2n) is 6.52. The number of benzene rings is 2. The van der Waals surface area contributed by atoms with Crippen molar-refractivity contribution in [1.82, 2.24) is 19.7 Å². The number of fused-ring (bicyclic) bond motifs is 1. The van der Waals surface area contributed by atoms with Crippen LogP contribution in [0.15, 0.2) is 53.7 Å². The number of amides is 1. The van der Waals surface area contributed by atoms with Gasteiger partial charge in [0.05, 0.1) is 12.3 Å². The number of thioether (sulfide) groups is 1. The number of rotatable bonds is 6. The maximum atomic E-state index is 12.0. The number of aromatic nitrogens is 3. The Balaban J connectivity index is 1.66. The quantitative estimate of drug-likeness (QED) is 0.597.